The number of carbonyl (C=O) groups excluding carboxylic acids is 4. The van der Waals surface area contributed by atoms with Crippen LogP contribution in [-0.4, -0.2) is 77.4 Å². The highest BCUT2D eigenvalue weighted by molar-refractivity contribution is 5.84. The lowest BCUT2D eigenvalue weighted by atomic mass is 9.81. The fraction of sp³-hybridized carbons (Fsp3) is 0.821. The second kappa shape index (κ2) is 14.5. The first kappa shape index (κ1) is 34.2. The van der Waals surface area contributed by atoms with Gasteiger partial charge in [-0.3, -0.25) is 14.6 Å². The first-order chi connectivity index (χ1) is 17.9. The van der Waals surface area contributed by atoms with Crippen molar-refractivity contribution < 1.29 is 38.4 Å². The summed E-state index contributed by atoms with van der Waals surface area (Å²) in [5, 5.41) is 5.18. The molecule has 1 saturated carbocycles. The fourth-order valence-electron chi connectivity index (χ4n) is 4.87. The molecule has 0 saturated heterocycles. The Kier molecular flexibility index (Phi) is 12.7. The van der Waals surface area contributed by atoms with Gasteiger partial charge in [0.25, 0.3) is 6.34 Å². The second-order valence-electron chi connectivity index (χ2n) is 12.1. The molecule has 39 heavy (non-hydrogen) atoms. The van der Waals surface area contributed by atoms with Crippen LogP contribution in [0.25, 0.3) is 0 Å². The quantitative estimate of drug-likeness (QED) is 0.147. The number of hydrogen-bond donors (Lipinski definition) is 2. The number of esters is 1. The molecular formula is C28H51N4O7+. The molecule has 0 spiro atoms. The Morgan fingerprint density at radius 2 is 1.49 bits per heavy atom. The van der Waals surface area contributed by atoms with Crippen LogP contribution < -0.4 is 10.3 Å². The zero-order valence-corrected chi connectivity index (χ0v) is 25.8. The molecule has 1 rings (SSSR count). The molecule has 1 aliphatic rings. The lowest BCUT2D eigenvalue weighted by Gasteiger charge is -2.33. The molecule has 0 aliphatic heterocycles. The van der Waals surface area contributed by atoms with Crippen molar-refractivity contribution in [3.63, 3.8) is 0 Å². The van der Waals surface area contributed by atoms with Gasteiger partial charge in [0, 0.05) is 25.3 Å². The molecule has 0 aromatic rings. The van der Waals surface area contributed by atoms with E-state index in [9.17, 15) is 19.2 Å². The maximum atomic E-state index is 13.1. The lowest BCUT2D eigenvalue weighted by Crippen LogP contribution is -2.81. The minimum Gasteiger partial charge on any atom is -0.466 e. The van der Waals surface area contributed by atoms with E-state index in [1.807, 2.05) is 0 Å². The van der Waals surface area contributed by atoms with Gasteiger partial charge in [-0.05, 0) is 60.8 Å². The summed E-state index contributed by atoms with van der Waals surface area (Å²) in [6.07, 6.45) is 2.51. The van der Waals surface area contributed by atoms with Crippen molar-refractivity contribution >= 4 is 30.4 Å². The smallest absolute Gasteiger partial charge is 0.466 e. The number of rotatable bonds is 9. The summed E-state index contributed by atoms with van der Waals surface area (Å²) < 4.78 is 16.3. The molecule has 4 atom stereocenters. The fourth-order valence-corrected chi connectivity index (χ4v) is 4.87. The summed E-state index contributed by atoms with van der Waals surface area (Å²) in [5.74, 6) is -0.737. The number of amides is 3. The summed E-state index contributed by atoms with van der Waals surface area (Å²) in [6, 6.07) is -0.491. The van der Waals surface area contributed by atoms with Gasteiger partial charge in [0.2, 0.25) is 5.91 Å². The van der Waals surface area contributed by atoms with Gasteiger partial charge < -0.3 is 19.5 Å². The van der Waals surface area contributed by atoms with E-state index in [1.54, 1.807) is 48.5 Å². The first-order valence-electron chi connectivity index (χ1n) is 14.0. The number of hydrogen-bond acceptors (Lipinski definition) is 7. The summed E-state index contributed by atoms with van der Waals surface area (Å²) in [5.41, 5.74) is -1.59. The molecule has 0 radical (unpaired) electrons. The van der Waals surface area contributed by atoms with E-state index >= 15 is 0 Å². The maximum absolute atomic E-state index is 13.1. The van der Waals surface area contributed by atoms with Gasteiger partial charge in [0.15, 0.2) is 0 Å². The first-order valence-corrected chi connectivity index (χ1v) is 14.0. The highest BCUT2D eigenvalue weighted by atomic mass is 16.6. The van der Waals surface area contributed by atoms with E-state index in [0.717, 1.165) is 22.9 Å². The van der Waals surface area contributed by atoms with Gasteiger partial charge in [-0.15, -0.1) is 5.01 Å². The molecule has 0 aromatic heterocycles. The molecule has 1 fully saturated rings. The van der Waals surface area contributed by atoms with E-state index in [-0.39, 0.29) is 48.3 Å². The van der Waals surface area contributed by atoms with Crippen molar-refractivity contribution in [3.8, 4) is 0 Å². The molecule has 3 amide bonds. The molecule has 1 aliphatic carbocycles. The van der Waals surface area contributed by atoms with Crippen molar-refractivity contribution in [2.75, 3.05) is 13.7 Å². The number of hydrazine groups is 1. The summed E-state index contributed by atoms with van der Waals surface area (Å²) in [7, 11) is 1.41. The monoisotopic (exact) mass is 555 g/mol. The predicted molar refractivity (Wildman–Crippen MR) is 147 cm³/mol. The van der Waals surface area contributed by atoms with Crippen molar-refractivity contribution in [1.29, 1.82) is 0 Å². The van der Waals surface area contributed by atoms with E-state index in [2.05, 4.69) is 24.2 Å². The molecule has 0 unspecified atom stereocenters. The Hall–Kier alpha value is -2.85. The Balaban J connectivity index is 3.47. The number of nitrogens with zero attached hydrogens (tertiary/aromatic N) is 2. The van der Waals surface area contributed by atoms with Crippen LogP contribution in [0.2, 0.25) is 0 Å². The van der Waals surface area contributed by atoms with Crippen molar-refractivity contribution in [2.24, 2.45) is 17.8 Å². The predicted octanol–water partition coefficient (Wildman–Crippen LogP) is 3.01. The number of nitrogens with one attached hydrogen (secondary N) is 2. The minimum absolute atomic E-state index is 0.128. The normalized spacial score (nSPS) is 20.5. The lowest BCUT2D eigenvalue weighted by molar-refractivity contribution is -0.512. The Labute approximate surface area is 234 Å². The van der Waals surface area contributed by atoms with Gasteiger partial charge in [-0.25, -0.2) is 4.79 Å². The third kappa shape index (κ3) is 11.0. The Bertz CT molecular complexity index is 874. The average molecular weight is 556 g/mol. The largest absolute Gasteiger partial charge is 0.532 e. The SMILES string of the molecule is CCOC(=O)[C@@H]1C[C@@H]([C@@H](NC(C)=O)C(CC)CC)[C@H]([NH+]=CN(C(=O)OC(C)(C)C)N(C)C(=O)OC(C)(C)C)C1. The van der Waals surface area contributed by atoms with Crippen LogP contribution in [0.4, 0.5) is 9.59 Å². The molecule has 0 aromatic carbocycles. The standard InChI is InChI=1S/C28H50N4O7/c1-12-19(13-2)23(30-18(4)33)21-15-20(24(34)37-14-3)16-22(21)29-17-32(26(36)39-28(8,9)10)31(11)25(35)38-27(5,6)7/h17,19-23H,12-16H2,1-11H3,(H,30,33)/p+1/t20-,21-,22-,23+/m1/s1. The van der Waals surface area contributed by atoms with Gasteiger partial charge in [0.05, 0.1) is 25.6 Å². The van der Waals surface area contributed by atoms with Crippen LogP contribution in [0.15, 0.2) is 0 Å². The van der Waals surface area contributed by atoms with Crippen LogP contribution in [0.5, 0.6) is 0 Å². The van der Waals surface area contributed by atoms with Gasteiger partial charge in [-0.2, -0.15) is 4.79 Å². The highest BCUT2D eigenvalue weighted by Crippen LogP contribution is 2.36. The molecule has 224 valence electrons. The van der Waals surface area contributed by atoms with Crippen LogP contribution in [0.3, 0.4) is 0 Å². The molecule has 2 N–H and O–H groups in total. The topological polar surface area (TPSA) is 128 Å². The average Bonchev–Trinajstić information content (AvgIpc) is 3.21. The second-order valence-corrected chi connectivity index (χ2v) is 12.1. The van der Waals surface area contributed by atoms with E-state index < -0.39 is 23.4 Å². The maximum Gasteiger partial charge on any atom is 0.532 e. The van der Waals surface area contributed by atoms with Gasteiger partial charge >= 0.3 is 18.2 Å². The Morgan fingerprint density at radius 1 is 0.949 bits per heavy atom. The molecule has 11 nitrogen and oxygen atoms in total. The molecular weight excluding hydrogens is 504 g/mol. The third-order valence-electron chi connectivity index (χ3n) is 6.59. The third-order valence-corrected chi connectivity index (χ3v) is 6.59. The van der Waals surface area contributed by atoms with Gasteiger partial charge in [-0.1, -0.05) is 31.7 Å². The van der Waals surface area contributed by atoms with Crippen molar-refractivity contribution in [2.45, 2.75) is 118 Å². The van der Waals surface area contributed by atoms with Crippen LogP contribution in [-0.2, 0) is 23.8 Å². The van der Waals surface area contributed by atoms with E-state index in [1.165, 1.54) is 20.3 Å². The summed E-state index contributed by atoms with van der Waals surface area (Å²) in [4.78, 5) is 54.2. The number of ether oxygens (including phenoxy) is 3. The summed E-state index contributed by atoms with van der Waals surface area (Å²) in [6.45, 7) is 18.1. The van der Waals surface area contributed by atoms with Crippen LogP contribution in [0.1, 0.15) is 94.9 Å². The summed E-state index contributed by atoms with van der Waals surface area (Å²) >= 11 is 0. The zero-order valence-electron chi connectivity index (χ0n) is 25.8. The Morgan fingerprint density at radius 3 is 1.95 bits per heavy atom. The van der Waals surface area contributed by atoms with Crippen molar-refractivity contribution in [1.82, 2.24) is 15.3 Å². The molecule has 0 heterocycles. The zero-order chi connectivity index (χ0) is 30.1. The van der Waals surface area contributed by atoms with E-state index in [0.29, 0.717) is 12.8 Å². The highest BCUT2D eigenvalue weighted by Gasteiger charge is 2.46. The number of carbonyl (C=O) groups is 4. The molecule has 0 bridgehead atoms. The van der Waals surface area contributed by atoms with Gasteiger partial charge in [0.1, 0.15) is 11.2 Å². The minimum atomic E-state index is -0.811. The van der Waals surface area contributed by atoms with E-state index in [4.69, 9.17) is 14.2 Å². The van der Waals surface area contributed by atoms with Crippen molar-refractivity contribution in [3.05, 3.63) is 0 Å². The van der Waals surface area contributed by atoms with Crippen LogP contribution in [0, 0.1) is 17.8 Å². The molecule has 11 heteroatoms. The van der Waals surface area contributed by atoms with Crippen LogP contribution >= 0.6 is 0 Å².